The first-order valence-corrected chi connectivity index (χ1v) is 5.05. The molecule has 0 aromatic heterocycles. The molecule has 0 N–H and O–H groups in total. The molecule has 0 bridgehead atoms. The second-order valence-corrected chi connectivity index (χ2v) is 3.97. The van der Waals surface area contributed by atoms with E-state index in [0.717, 1.165) is 23.1 Å². The Balaban J connectivity index is 2.42. The van der Waals surface area contributed by atoms with Crippen LogP contribution in [0.25, 0.3) is 0 Å². The molecule has 84 valence electrons. The van der Waals surface area contributed by atoms with Gasteiger partial charge >= 0.3 is 0 Å². The molecule has 0 aliphatic carbocycles. The van der Waals surface area contributed by atoms with Crippen LogP contribution in [0.15, 0.2) is 29.8 Å². The zero-order valence-electron chi connectivity index (χ0n) is 8.38. The van der Waals surface area contributed by atoms with Gasteiger partial charge in [0.05, 0.1) is 5.69 Å². The molecule has 1 heterocycles. The van der Waals surface area contributed by atoms with E-state index in [9.17, 15) is 13.6 Å². The SMILES string of the molecule is CC1=CC(Cl)N(c2cc(F)cc(F)c2)C1=O. The van der Waals surface area contributed by atoms with Gasteiger partial charge in [-0.05, 0) is 25.1 Å². The van der Waals surface area contributed by atoms with Crippen molar-refractivity contribution in [3.63, 3.8) is 0 Å². The van der Waals surface area contributed by atoms with Gasteiger partial charge in [0.15, 0.2) is 0 Å². The molecule has 0 spiro atoms. The number of amides is 1. The van der Waals surface area contributed by atoms with Crippen LogP contribution in [0.1, 0.15) is 6.92 Å². The van der Waals surface area contributed by atoms with Gasteiger partial charge in [-0.1, -0.05) is 11.6 Å². The number of hydrogen-bond acceptors (Lipinski definition) is 1. The Kier molecular flexibility index (Phi) is 2.68. The number of rotatable bonds is 1. The molecular weight excluding hydrogens is 236 g/mol. The van der Waals surface area contributed by atoms with Crippen molar-refractivity contribution in [3.8, 4) is 0 Å². The number of nitrogens with zero attached hydrogens (tertiary/aromatic N) is 1. The summed E-state index contributed by atoms with van der Waals surface area (Å²) in [6, 6.07) is 2.89. The van der Waals surface area contributed by atoms with Crippen molar-refractivity contribution in [2.45, 2.75) is 12.4 Å². The van der Waals surface area contributed by atoms with E-state index in [0.29, 0.717) is 5.57 Å². The van der Waals surface area contributed by atoms with Crippen molar-refractivity contribution in [1.82, 2.24) is 0 Å². The second-order valence-electron chi connectivity index (χ2n) is 3.53. The van der Waals surface area contributed by atoms with E-state index >= 15 is 0 Å². The van der Waals surface area contributed by atoms with Gasteiger partial charge in [0, 0.05) is 11.6 Å². The van der Waals surface area contributed by atoms with Gasteiger partial charge in [0.1, 0.15) is 17.1 Å². The minimum atomic E-state index is -0.740. The van der Waals surface area contributed by atoms with Crippen molar-refractivity contribution in [1.29, 1.82) is 0 Å². The summed E-state index contributed by atoms with van der Waals surface area (Å²) in [4.78, 5) is 12.8. The fourth-order valence-electron chi connectivity index (χ4n) is 1.59. The van der Waals surface area contributed by atoms with Crippen molar-refractivity contribution in [2.24, 2.45) is 0 Å². The largest absolute Gasteiger partial charge is 0.288 e. The van der Waals surface area contributed by atoms with E-state index in [4.69, 9.17) is 11.6 Å². The topological polar surface area (TPSA) is 20.3 Å². The van der Waals surface area contributed by atoms with Gasteiger partial charge in [0.25, 0.3) is 5.91 Å². The van der Waals surface area contributed by atoms with Crippen molar-refractivity contribution in [3.05, 3.63) is 41.5 Å². The zero-order chi connectivity index (χ0) is 11.9. The summed E-state index contributed by atoms with van der Waals surface area (Å²) in [5.74, 6) is -1.82. The van der Waals surface area contributed by atoms with Gasteiger partial charge in [-0.2, -0.15) is 0 Å². The van der Waals surface area contributed by atoms with E-state index in [1.165, 1.54) is 6.08 Å². The molecule has 1 amide bonds. The Morgan fingerprint density at radius 1 is 1.25 bits per heavy atom. The van der Waals surface area contributed by atoms with Gasteiger partial charge < -0.3 is 0 Å². The highest BCUT2D eigenvalue weighted by Gasteiger charge is 2.30. The lowest BCUT2D eigenvalue weighted by atomic mass is 10.2. The lowest BCUT2D eigenvalue weighted by Gasteiger charge is -2.20. The normalized spacial score (nSPS) is 20.2. The first-order valence-electron chi connectivity index (χ1n) is 4.61. The molecular formula is C11H8ClF2NO. The lowest BCUT2D eigenvalue weighted by molar-refractivity contribution is -0.114. The lowest BCUT2D eigenvalue weighted by Crippen LogP contribution is -2.31. The smallest absolute Gasteiger partial charge is 0.255 e. The van der Waals surface area contributed by atoms with E-state index < -0.39 is 17.1 Å². The molecule has 5 heteroatoms. The predicted molar refractivity (Wildman–Crippen MR) is 57.2 cm³/mol. The number of alkyl halides is 1. The molecule has 1 atom stereocenters. The van der Waals surface area contributed by atoms with Crippen LogP contribution < -0.4 is 4.90 Å². The predicted octanol–water partition coefficient (Wildman–Crippen LogP) is 2.82. The first kappa shape index (κ1) is 11.1. The highest BCUT2D eigenvalue weighted by atomic mass is 35.5. The van der Waals surface area contributed by atoms with E-state index in [1.807, 2.05) is 0 Å². The fourth-order valence-corrected chi connectivity index (χ4v) is 1.98. The summed E-state index contributed by atoms with van der Waals surface area (Å²) in [6.07, 6.45) is 1.53. The molecule has 1 aromatic rings. The third kappa shape index (κ3) is 1.80. The van der Waals surface area contributed by atoms with Crippen molar-refractivity contribution in [2.75, 3.05) is 4.90 Å². The van der Waals surface area contributed by atoms with Gasteiger partial charge in [0.2, 0.25) is 0 Å². The standard InChI is InChI=1S/C11H8ClF2NO/c1-6-2-10(12)15(11(6)16)9-4-7(13)3-8(14)5-9/h2-5,10H,1H3. The maximum Gasteiger partial charge on any atom is 0.255 e. The Hall–Kier alpha value is -1.42. The summed E-state index contributed by atoms with van der Waals surface area (Å²) in [7, 11) is 0. The molecule has 2 rings (SSSR count). The highest BCUT2D eigenvalue weighted by molar-refractivity contribution is 6.29. The Morgan fingerprint density at radius 2 is 1.81 bits per heavy atom. The maximum absolute atomic E-state index is 13.0. The van der Waals surface area contributed by atoms with Crippen LogP contribution >= 0.6 is 11.6 Å². The summed E-state index contributed by atoms with van der Waals surface area (Å²) >= 11 is 5.89. The van der Waals surface area contributed by atoms with Crippen LogP contribution in [0.3, 0.4) is 0 Å². The second kappa shape index (κ2) is 3.87. The minimum absolute atomic E-state index is 0.121. The van der Waals surface area contributed by atoms with E-state index in [2.05, 4.69) is 0 Å². The van der Waals surface area contributed by atoms with E-state index in [-0.39, 0.29) is 11.6 Å². The highest BCUT2D eigenvalue weighted by Crippen LogP contribution is 2.28. The molecule has 0 saturated heterocycles. The van der Waals surface area contributed by atoms with Crippen molar-refractivity contribution < 1.29 is 13.6 Å². The maximum atomic E-state index is 13.0. The van der Waals surface area contributed by atoms with Crippen molar-refractivity contribution >= 4 is 23.2 Å². The van der Waals surface area contributed by atoms with Crippen LogP contribution in [-0.2, 0) is 4.79 Å². The van der Waals surface area contributed by atoms with Crippen LogP contribution in [0, 0.1) is 11.6 Å². The minimum Gasteiger partial charge on any atom is -0.288 e. The Morgan fingerprint density at radius 3 is 2.25 bits per heavy atom. The quantitative estimate of drug-likeness (QED) is 0.549. The molecule has 1 aliphatic heterocycles. The zero-order valence-corrected chi connectivity index (χ0v) is 9.13. The molecule has 16 heavy (non-hydrogen) atoms. The number of anilines is 1. The molecule has 1 unspecified atom stereocenters. The Bertz CT molecular complexity index is 467. The van der Waals surface area contributed by atoms with Gasteiger partial charge in [-0.15, -0.1) is 0 Å². The van der Waals surface area contributed by atoms with Crippen LogP contribution in [0.5, 0.6) is 0 Å². The van der Waals surface area contributed by atoms with Gasteiger partial charge in [-0.3, -0.25) is 9.69 Å². The summed E-state index contributed by atoms with van der Waals surface area (Å²) in [5, 5.41) is 0. The molecule has 0 saturated carbocycles. The Labute approximate surface area is 96.1 Å². The first-order chi connectivity index (χ1) is 7.49. The number of carbonyl (C=O) groups excluding carboxylic acids is 1. The molecule has 2 nitrogen and oxygen atoms in total. The number of halogens is 3. The number of carbonyl (C=O) groups is 1. The summed E-state index contributed by atoms with van der Waals surface area (Å²) in [6.45, 7) is 1.60. The molecule has 1 aliphatic rings. The third-order valence-electron chi connectivity index (χ3n) is 2.32. The van der Waals surface area contributed by atoms with E-state index in [1.54, 1.807) is 6.92 Å². The molecule has 1 aromatic carbocycles. The average molecular weight is 244 g/mol. The number of benzene rings is 1. The van der Waals surface area contributed by atoms with Crippen LogP contribution in [0.4, 0.5) is 14.5 Å². The van der Waals surface area contributed by atoms with Crippen LogP contribution in [-0.4, -0.2) is 11.4 Å². The summed E-state index contributed by atoms with van der Waals surface area (Å²) in [5.41, 5.74) is -0.117. The summed E-state index contributed by atoms with van der Waals surface area (Å²) < 4.78 is 26.0. The third-order valence-corrected chi connectivity index (χ3v) is 2.64. The van der Waals surface area contributed by atoms with Crippen LogP contribution in [0.2, 0.25) is 0 Å². The average Bonchev–Trinajstić information content (AvgIpc) is 2.39. The number of hydrogen-bond donors (Lipinski definition) is 0. The monoisotopic (exact) mass is 243 g/mol. The molecule has 0 radical (unpaired) electrons. The van der Waals surface area contributed by atoms with Gasteiger partial charge in [-0.25, -0.2) is 8.78 Å². The molecule has 0 fully saturated rings. The fraction of sp³-hybridized carbons (Fsp3) is 0.182.